The fourth-order valence-corrected chi connectivity index (χ4v) is 3.45. The molecular weight excluding hydrogens is 352 g/mol. The van der Waals surface area contributed by atoms with Gasteiger partial charge in [0.1, 0.15) is 0 Å². The number of amides is 2. The molecule has 1 aliphatic rings. The molecule has 0 bridgehead atoms. The Labute approximate surface area is 166 Å². The number of pyridine rings is 1. The van der Waals surface area contributed by atoms with Gasteiger partial charge in [-0.2, -0.15) is 0 Å². The predicted octanol–water partition coefficient (Wildman–Crippen LogP) is 3.10. The second-order valence-electron chi connectivity index (χ2n) is 7.04. The number of benzene rings is 1. The van der Waals surface area contributed by atoms with Crippen LogP contribution in [0.5, 0.6) is 0 Å². The summed E-state index contributed by atoms with van der Waals surface area (Å²) in [6.45, 7) is 5.03. The zero-order valence-corrected chi connectivity index (χ0v) is 16.4. The van der Waals surface area contributed by atoms with Crippen LogP contribution in [-0.4, -0.2) is 47.9 Å². The van der Waals surface area contributed by atoms with Gasteiger partial charge in [0.25, 0.3) is 0 Å². The molecule has 0 unspecified atom stereocenters. The lowest BCUT2D eigenvalue weighted by Crippen LogP contribution is -2.40. The Hall–Kier alpha value is -2.89. The van der Waals surface area contributed by atoms with E-state index in [0.717, 1.165) is 24.3 Å². The van der Waals surface area contributed by atoms with Crippen LogP contribution in [0.2, 0.25) is 0 Å². The molecule has 1 aromatic heterocycles. The number of aromatic nitrogens is 1. The molecule has 6 nitrogen and oxygen atoms in total. The van der Waals surface area contributed by atoms with E-state index < -0.39 is 11.8 Å². The maximum atomic E-state index is 12.5. The Balaban J connectivity index is 1.54. The molecule has 1 aromatic carbocycles. The third kappa shape index (κ3) is 5.31. The molecule has 0 aliphatic carbocycles. The van der Waals surface area contributed by atoms with Crippen LogP contribution in [0.3, 0.4) is 0 Å². The van der Waals surface area contributed by atoms with Crippen molar-refractivity contribution in [3.8, 4) is 0 Å². The maximum absolute atomic E-state index is 12.5. The number of piperidine rings is 1. The van der Waals surface area contributed by atoms with E-state index in [9.17, 15) is 9.59 Å². The Bertz CT molecular complexity index is 771. The third-order valence-electron chi connectivity index (χ3n) is 5.13. The standard InChI is InChI=1S/C22H28N4O2/c1-2-25(17-12-18-10-13-23-14-11-18)22(28)21(27)24-19-6-8-20(9-7-19)26-15-4-3-5-16-26/h6-11,13-14H,2-5,12,15-17H2,1H3,(H,24,27). The lowest BCUT2D eigenvalue weighted by molar-refractivity contribution is -0.143. The molecule has 2 heterocycles. The lowest BCUT2D eigenvalue weighted by atomic mass is 10.1. The van der Waals surface area contributed by atoms with Crippen molar-refractivity contribution in [1.29, 1.82) is 0 Å². The highest BCUT2D eigenvalue weighted by molar-refractivity contribution is 6.39. The molecule has 0 atom stereocenters. The molecule has 0 saturated carbocycles. The summed E-state index contributed by atoms with van der Waals surface area (Å²) in [4.78, 5) is 32.8. The summed E-state index contributed by atoms with van der Waals surface area (Å²) in [5, 5.41) is 2.73. The largest absolute Gasteiger partial charge is 0.372 e. The Kier molecular flexibility index (Phi) is 7.00. The van der Waals surface area contributed by atoms with Gasteiger partial charge in [-0.05, 0) is 74.6 Å². The monoisotopic (exact) mass is 380 g/mol. The Morgan fingerprint density at radius 1 is 1.04 bits per heavy atom. The van der Waals surface area contributed by atoms with Crippen LogP contribution >= 0.6 is 0 Å². The smallest absolute Gasteiger partial charge is 0.313 e. The molecule has 2 aromatic rings. The van der Waals surface area contributed by atoms with Crippen LogP contribution < -0.4 is 10.2 Å². The summed E-state index contributed by atoms with van der Waals surface area (Å²) in [6.07, 6.45) is 7.89. The second kappa shape index (κ2) is 9.88. The first-order valence-electron chi connectivity index (χ1n) is 10.0. The highest BCUT2D eigenvalue weighted by Crippen LogP contribution is 2.21. The minimum absolute atomic E-state index is 0.491. The van der Waals surface area contributed by atoms with Crippen molar-refractivity contribution in [3.05, 3.63) is 54.4 Å². The van der Waals surface area contributed by atoms with Gasteiger partial charge in [0.2, 0.25) is 0 Å². The number of nitrogens with zero attached hydrogens (tertiary/aromatic N) is 3. The van der Waals surface area contributed by atoms with Crippen LogP contribution in [0.15, 0.2) is 48.8 Å². The summed E-state index contributed by atoms with van der Waals surface area (Å²) >= 11 is 0. The number of hydrogen-bond acceptors (Lipinski definition) is 4. The number of likely N-dealkylation sites (N-methyl/N-ethyl adjacent to an activating group) is 1. The minimum atomic E-state index is -0.595. The first kappa shape index (κ1) is 19.9. The number of rotatable bonds is 6. The van der Waals surface area contributed by atoms with Gasteiger partial charge < -0.3 is 15.1 Å². The van der Waals surface area contributed by atoms with Crippen LogP contribution in [0.25, 0.3) is 0 Å². The van der Waals surface area contributed by atoms with Crippen LogP contribution in [0.1, 0.15) is 31.7 Å². The molecule has 0 spiro atoms. The number of carbonyl (C=O) groups excluding carboxylic acids is 2. The SMILES string of the molecule is CCN(CCc1ccncc1)C(=O)C(=O)Nc1ccc(N2CCCCC2)cc1. The van der Waals surface area contributed by atoms with E-state index in [-0.39, 0.29) is 0 Å². The van der Waals surface area contributed by atoms with Gasteiger partial charge >= 0.3 is 11.8 Å². The zero-order chi connectivity index (χ0) is 19.8. The van der Waals surface area contributed by atoms with Gasteiger partial charge in [-0.1, -0.05) is 0 Å². The van der Waals surface area contributed by atoms with Gasteiger partial charge in [0.15, 0.2) is 0 Å². The summed E-state index contributed by atoms with van der Waals surface area (Å²) in [6, 6.07) is 11.6. The molecule has 3 rings (SSSR count). The molecule has 148 valence electrons. The number of anilines is 2. The molecule has 2 amide bonds. The van der Waals surface area contributed by atoms with E-state index in [1.807, 2.05) is 43.3 Å². The van der Waals surface area contributed by atoms with Crippen molar-refractivity contribution in [1.82, 2.24) is 9.88 Å². The average Bonchev–Trinajstić information content (AvgIpc) is 2.76. The predicted molar refractivity (Wildman–Crippen MR) is 111 cm³/mol. The van der Waals surface area contributed by atoms with Crippen LogP contribution in [0.4, 0.5) is 11.4 Å². The van der Waals surface area contributed by atoms with E-state index in [1.165, 1.54) is 19.3 Å². The molecule has 1 saturated heterocycles. The summed E-state index contributed by atoms with van der Waals surface area (Å²) in [5.41, 5.74) is 2.90. The maximum Gasteiger partial charge on any atom is 0.313 e. The van der Waals surface area contributed by atoms with Crippen molar-refractivity contribution < 1.29 is 9.59 Å². The molecule has 1 N–H and O–H groups in total. The average molecular weight is 380 g/mol. The van der Waals surface area contributed by atoms with E-state index in [2.05, 4.69) is 15.2 Å². The highest BCUT2D eigenvalue weighted by Gasteiger charge is 2.20. The summed E-state index contributed by atoms with van der Waals surface area (Å²) < 4.78 is 0. The molecular formula is C22H28N4O2. The van der Waals surface area contributed by atoms with Gasteiger partial charge in [-0.15, -0.1) is 0 Å². The van der Waals surface area contributed by atoms with Gasteiger partial charge in [0.05, 0.1) is 0 Å². The minimum Gasteiger partial charge on any atom is -0.372 e. The third-order valence-corrected chi connectivity index (χ3v) is 5.13. The zero-order valence-electron chi connectivity index (χ0n) is 16.4. The number of carbonyl (C=O) groups is 2. The molecule has 1 fully saturated rings. The fourth-order valence-electron chi connectivity index (χ4n) is 3.45. The van der Waals surface area contributed by atoms with E-state index >= 15 is 0 Å². The Morgan fingerprint density at radius 3 is 2.36 bits per heavy atom. The first-order chi connectivity index (χ1) is 13.7. The topological polar surface area (TPSA) is 65.5 Å². The van der Waals surface area contributed by atoms with Crippen molar-refractivity contribution in [2.24, 2.45) is 0 Å². The van der Waals surface area contributed by atoms with Gasteiger partial charge in [-0.25, -0.2) is 0 Å². The molecule has 28 heavy (non-hydrogen) atoms. The summed E-state index contributed by atoms with van der Waals surface area (Å²) in [5.74, 6) is -1.10. The van der Waals surface area contributed by atoms with E-state index in [4.69, 9.17) is 0 Å². The number of hydrogen-bond donors (Lipinski definition) is 1. The van der Waals surface area contributed by atoms with Gasteiger partial charge in [-0.3, -0.25) is 14.6 Å². The fraction of sp³-hybridized carbons (Fsp3) is 0.409. The second-order valence-corrected chi connectivity index (χ2v) is 7.04. The van der Waals surface area contributed by atoms with Crippen LogP contribution in [-0.2, 0) is 16.0 Å². The van der Waals surface area contributed by atoms with Crippen molar-refractivity contribution in [2.45, 2.75) is 32.6 Å². The van der Waals surface area contributed by atoms with Crippen molar-refractivity contribution >= 4 is 23.2 Å². The van der Waals surface area contributed by atoms with E-state index in [0.29, 0.717) is 25.2 Å². The molecule has 6 heteroatoms. The van der Waals surface area contributed by atoms with Crippen molar-refractivity contribution in [2.75, 3.05) is 36.4 Å². The van der Waals surface area contributed by atoms with E-state index in [1.54, 1.807) is 17.3 Å². The Morgan fingerprint density at radius 2 is 1.71 bits per heavy atom. The quantitative estimate of drug-likeness (QED) is 0.782. The number of nitrogens with one attached hydrogen (secondary N) is 1. The highest BCUT2D eigenvalue weighted by atomic mass is 16.2. The first-order valence-corrected chi connectivity index (χ1v) is 10.0. The van der Waals surface area contributed by atoms with Crippen LogP contribution in [0, 0.1) is 0 Å². The lowest BCUT2D eigenvalue weighted by Gasteiger charge is -2.28. The summed E-state index contributed by atoms with van der Waals surface area (Å²) in [7, 11) is 0. The van der Waals surface area contributed by atoms with Gasteiger partial charge in [0, 0.05) is 49.9 Å². The van der Waals surface area contributed by atoms with Crippen molar-refractivity contribution in [3.63, 3.8) is 0 Å². The molecule has 1 aliphatic heterocycles. The normalized spacial score (nSPS) is 13.8. The molecule has 0 radical (unpaired) electrons.